The van der Waals surface area contributed by atoms with E-state index >= 15 is 0 Å². The molecule has 5 nitrogen and oxygen atoms in total. The second-order valence-corrected chi connectivity index (χ2v) is 4.00. The van der Waals surface area contributed by atoms with Gasteiger partial charge in [0.1, 0.15) is 5.01 Å². The van der Waals surface area contributed by atoms with Crippen LogP contribution in [0.15, 0.2) is 22.0 Å². The quantitative estimate of drug-likeness (QED) is 0.717. The van der Waals surface area contributed by atoms with E-state index in [-0.39, 0.29) is 0 Å². The highest BCUT2D eigenvalue weighted by atomic mass is 32.1. The number of H-pyrrole nitrogens is 2. The topological polar surface area (TPSA) is 78.6 Å². The molecule has 2 aromatic rings. The molecule has 0 aliphatic carbocycles. The average molecular weight is 209 g/mol. The Kier molecular flexibility index (Phi) is 2.05. The van der Waals surface area contributed by atoms with E-state index in [1.165, 1.54) is 17.5 Å². The molecule has 2 heterocycles. The summed E-state index contributed by atoms with van der Waals surface area (Å²) >= 11 is 1.41. The van der Waals surface area contributed by atoms with Crippen LogP contribution in [0.4, 0.5) is 0 Å². The van der Waals surface area contributed by atoms with Crippen LogP contribution in [0.2, 0.25) is 0 Å². The number of aromatic amines is 2. The third-order valence-corrected chi connectivity index (χ3v) is 2.62. The van der Waals surface area contributed by atoms with E-state index in [2.05, 4.69) is 15.0 Å². The molecule has 0 aromatic carbocycles. The molecule has 0 fully saturated rings. The van der Waals surface area contributed by atoms with Crippen molar-refractivity contribution in [2.45, 2.75) is 6.92 Å². The molecule has 14 heavy (non-hydrogen) atoms. The van der Waals surface area contributed by atoms with Gasteiger partial charge in [0.05, 0.1) is 5.56 Å². The van der Waals surface area contributed by atoms with E-state index < -0.39 is 11.2 Å². The number of hydrogen-bond donors (Lipinski definition) is 2. The van der Waals surface area contributed by atoms with Gasteiger partial charge in [-0.15, -0.1) is 11.3 Å². The number of aryl methyl sites for hydroxylation is 1. The zero-order valence-electron chi connectivity index (χ0n) is 7.33. The van der Waals surface area contributed by atoms with E-state index in [1.54, 1.807) is 6.20 Å². The molecule has 0 saturated heterocycles. The van der Waals surface area contributed by atoms with Gasteiger partial charge in [-0.25, -0.2) is 9.78 Å². The van der Waals surface area contributed by atoms with Gasteiger partial charge in [0.15, 0.2) is 0 Å². The first-order valence-electron chi connectivity index (χ1n) is 3.91. The van der Waals surface area contributed by atoms with Gasteiger partial charge in [-0.3, -0.25) is 9.78 Å². The Hall–Kier alpha value is -1.69. The second-order valence-electron chi connectivity index (χ2n) is 2.76. The van der Waals surface area contributed by atoms with Gasteiger partial charge in [-0.1, -0.05) is 0 Å². The van der Waals surface area contributed by atoms with Gasteiger partial charge in [0, 0.05) is 17.3 Å². The van der Waals surface area contributed by atoms with Crippen LogP contribution in [0.1, 0.15) is 4.88 Å². The lowest BCUT2D eigenvalue weighted by Gasteiger charge is -1.91. The third-order valence-electron chi connectivity index (χ3n) is 1.67. The minimum atomic E-state index is -0.507. The number of aromatic nitrogens is 3. The van der Waals surface area contributed by atoms with Crippen LogP contribution in [0, 0.1) is 6.92 Å². The monoisotopic (exact) mass is 209 g/mol. The summed E-state index contributed by atoms with van der Waals surface area (Å²) in [6.07, 6.45) is 3.06. The second kappa shape index (κ2) is 3.22. The molecule has 0 unspecified atom stereocenters. The number of thiazole rings is 1. The number of nitrogens with zero attached hydrogens (tertiary/aromatic N) is 1. The lowest BCUT2D eigenvalue weighted by molar-refractivity contribution is 1.04. The fourth-order valence-electron chi connectivity index (χ4n) is 1.05. The maximum Gasteiger partial charge on any atom is 0.325 e. The lowest BCUT2D eigenvalue weighted by atomic mass is 10.3. The maximum atomic E-state index is 11.3. The summed E-state index contributed by atoms with van der Waals surface area (Å²) in [5, 5.41) is 0.611. The Balaban J connectivity index is 2.63. The molecular weight excluding hydrogens is 202 g/mol. The molecule has 2 rings (SSSR count). The average Bonchev–Trinajstić information content (AvgIpc) is 2.51. The summed E-state index contributed by atoms with van der Waals surface area (Å²) < 4.78 is 0. The van der Waals surface area contributed by atoms with Gasteiger partial charge in [-0.05, 0) is 6.92 Å². The number of rotatable bonds is 1. The molecule has 2 aromatic heterocycles. The zero-order chi connectivity index (χ0) is 10.1. The Morgan fingerprint density at radius 3 is 2.79 bits per heavy atom. The van der Waals surface area contributed by atoms with Crippen molar-refractivity contribution in [2.75, 3.05) is 0 Å². The highest BCUT2D eigenvalue weighted by Crippen LogP contribution is 2.19. The predicted molar refractivity (Wildman–Crippen MR) is 53.5 cm³/mol. The molecule has 2 N–H and O–H groups in total. The molecule has 0 saturated carbocycles. The first-order chi connectivity index (χ1) is 6.66. The summed E-state index contributed by atoms with van der Waals surface area (Å²) in [6.45, 7) is 1.90. The largest absolute Gasteiger partial charge is 0.325 e. The molecule has 6 heteroatoms. The fraction of sp³-hybridized carbons (Fsp3) is 0.125. The standard InChI is InChI=1S/C8H7N3O2S/c1-4-2-9-7(14-4)5-3-10-8(13)11-6(5)12/h2-3H,1H3,(H2,10,11,12,13). The molecule has 0 spiro atoms. The summed E-state index contributed by atoms with van der Waals surface area (Å²) in [5.74, 6) is 0. The van der Waals surface area contributed by atoms with Crippen LogP contribution in [0.5, 0.6) is 0 Å². The predicted octanol–water partition coefficient (Wildman–Crippen LogP) is 0.495. The van der Waals surface area contributed by atoms with Crippen molar-refractivity contribution in [2.24, 2.45) is 0 Å². The normalized spacial score (nSPS) is 10.4. The van der Waals surface area contributed by atoms with Crippen molar-refractivity contribution in [3.8, 4) is 10.6 Å². The molecule has 0 amide bonds. The zero-order valence-corrected chi connectivity index (χ0v) is 8.14. The van der Waals surface area contributed by atoms with Gasteiger partial charge in [-0.2, -0.15) is 0 Å². The number of hydrogen-bond acceptors (Lipinski definition) is 4. The van der Waals surface area contributed by atoms with E-state index in [0.717, 1.165) is 4.88 Å². The highest BCUT2D eigenvalue weighted by molar-refractivity contribution is 7.14. The minimum Gasteiger partial charge on any atom is -0.313 e. The summed E-state index contributed by atoms with van der Waals surface area (Å²) in [5.41, 5.74) is -0.530. The van der Waals surface area contributed by atoms with Crippen molar-refractivity contribution < 1.29 is 0 Å². The van der Waals surface area contributed by atoms with Crippen molar-refractivity contribution in [3.63, 3.8) is 0 Å². The van der Waals surface area contributed by atoms with Crippen LogP contribution in [-0.2, 0) is 0 Å². The SMILES string of the molecule is Cc1cnc(-c2c[nH]c(=O)[nH]c2=O)s1. The van der Waals surface area contributed by atoms with Gasteiger partial charge in [0.2, 0.25) is 0 Å². The molecule has 0 aliphatic rings. The van der Waals surface area contributed by atoms with Crippen molar-refractivity contribution >= 4 is 11.3 Å². The van der Waals surface area contributed by atoms with E-state index in [1.807, 2.05) is 6.92 Å². The Morgan fingerprint density at radius 1 is 1.43 bits per heavy atom. The Morgan fingerprint density at radius 2 is 2.21 bits per heavy atom. The maximum absolute atomic E-state index is 11.3. The van der Waals surface area contributed by atoms with Gasteiger partial charge < -0.3 is 4.98 Å². The van der Waals surface area contributed by atoms with Crippen LogP contribution in [-0.4, -0.2) is 15.0 Å². The highest BCUT2D eigenvalue weighted by Gasteiger charge is 2.06. The molecule has 0 aliphatic heterocycles. The van der Waals surface area contributed by atoms with Crippen molar-refractivity contribution in [1.82, 2.24) is 15.0 Å². The van der Waals surface area contributed by atoms with Gasteiger partial charge >= 0.3 is 5.69 Å². The van der Waals surface area contributed by atoms with Crippen molar-refractivity contribution in [3.05, 3.63) is 38.1 Å². The molecular formula is C8H7N3O2S. The van der Waals surface area contributed by atoms with Gasteiger partial charge in [0.25, 0.3) is 5.56 Å². The van der Waals surface area contributed by atoms with Crippen LogP contribution < -0.4 is 11.2 Å². The van der Waals surface area contributed by atoms with E-state index in [9.17, 15) is 9.59 Å². The van der Waals surface area contributed by atoms with Crippen LogP contribution in [0.25, 0.3) is 10.6 Å². The van der Waals surface area contributed by atoms with Crippen LogP contribution >= 0.6 is 11.3 Å². The first kappa shape index (κ1) is 8.89. The Labute approximate surface area is 82.5 Å². The third kappa shape index (κ3) is 1.51. The van der Waals surface area contributed by atoms with E-state index in [4.69, 9.17) is 0 Å². The van der Waals surface area contributed by atoms with Crippen LogP contribution in [0.3, 0.4) is 0 Å². The summed E-state index contributed by atoms with van der Waals surface area (Å²) in [6, 6.07) is 0. The molecule has 72 valence electrons. The molecule has 0 atom stereocenters. The first-order valence-corrected chi connectivity index (χ1v) is 4.73. The summed E-state index contributed by atoms with van der Waals surface area (Å²) in [7, 11) is 0. The van der Waals surface area contributed by atoms with E-state index in [0.29, 0.717) is 10.6 Å². The van der Waals surface area contributed by atoms with Crippen molar-refractivity contribution in [1.29, 1.82) is 0 Å². The summed E-state index contributed by atoms with van der Waals surface area (Å²) in [4.78, 5) is 31.7. The molecule has 0 bridgehead atoms. The number of nitrogens with one attached hydrogen (secondary N) is 2. The smallest absolute Gasteiger partial charge is 0.313 e. The fourth-order valence-corrected chi connectivity index (χ4v) is 1.83. The molecule has 0 radical (unpaired) electrons. The minimum absolute atomic E-state index is 0.391. The Bertz CT molecular complexity index is 566. The lowest BCUT2D eigenvalue weighted by Crippen LogP contribution is -2.22.